The monoisotopic (exact) mass is 553 g/mol. The molecule has 5 rings (SSSR count). The summed E-state index contributed by atoms with van der Waals surface area (Å²) >= 11 is 0. The molecule has 5 nitrogen and oxygen atoms in total. The number of ether oxygens (including phenoxy) is 1. The van der Waals surface area contributed by atoms with E-state index in [0.29, 0.717) is 17.2 Å². The quantitative estimate of drug-likeness (QED) is 0.231. The molecule has 2 aromatic rings. The number of carbonyl (C=O) groups is 2. The number of esters is 1. The number of carbonyl (C=O) groups excluding carboxylic acids is 2. The van der Waals surface area contributed by atoms with Gasteiger partial charge in [0.15, 0.2) is 0 Å². The van der Waals surface area contributed by atoms with Gasteiger partial charge in [-0.05, 0) is 74.1 Å². The summed E-state index contributed by atoms with van der Waals surface area (Å²) in [5.74, 6) is 6.26. The van der Waals surface area contributed by atoms with Crippen LogP contribution in [0, 0.1) is 23.7 Å². The van der Waals surface area contributed by atoms with Crippen LogP contribution in [-0.2, 0) is 21.2 Å². The zero-order chi connectivity index (χ0) is 28.5. The van der Waals surface area contributed by atoms with Crippen LogP contribution in [0.25, 0.3) is 0 Å². The molecule has 3 fully saturated rings. The van der Waals surface area contributed by atoms with Crippen LogP contribution in [0.5, 0.6) is 5.75 Å². The van der Waals surface area contributed by atoms with Crippen molar-refractivity contribution in [3.63, 3.8) is 0 Å². The van der Waals surface area contributed by atoms with Gasteiger partial charge in [0, 0.05) is 48.1 Å². The number of piperidine rings is 1. The van der Waals surface area contributed by atoms with Gasteiger partial charge in [0.2, 0.25) is 0 Å². The van der Waals surface area contributed by atoms with Crippen molar-refractivity contribution in [2.75, 3.05) is 26.7 Å². The van der Waals surface area contributed by atoms with E-state index in [1.807, 2.05) is 12.1 Å². The van der Waals surface area contributed by atoms with Gasteiger partial charge in [0.05, 0.1) is 32.2 Å². The van der Waals surface area contributed by atoms with Gasteiger partial charge >= 0.3 is 12.1 Å². The Labute approximate surface area is 233 Å². The Morgan fingerprint density at radius 1 is 1.10 bits per heavy atom. The Kier molecular flexibility index (Phi) is 7.71. The molecule has 2 saturated carbocycles. The molecule has 0 aromatic heterocycles. The Bertz CT molecular complexity index is 1330. The first kappa shape index (κ1) is 28.2. The second kappa shape index (κ2) is 10.9. The molecule has 0 bridgehead atoms. The number of nitrogens with one attached hydrogen (secondary N) is 1. The topological polar surface area (TPSA) is 55.4 Å². The molecule has 1 saturated heterocycles. The van der Waals surface area contributed by atoms with E-state index in [1.54, 1.807) is 6.07 Å². The summed E-state index contributed by atoms with van der Waals surface area (Å²) < 4.78 is 45.0. The molecule has 212 valence electrons. The SMILES string of the molecule is CC(=O)Oc1cccc([C@@]23CC[N@+](C)(CC4CC4)CC2CC[C@@H](NC(=O)C#Cc2ccc(C(F)(F)F)cc2)C3)c1. The van der Waals surface area contributed by atoms with Crippen molar-refractivity contribution in [3.8, 4) is 17.6 Å². The van der Waals surface area contributed by atoms with Gasteiger partial charge in [-0.1, -0.05) is 18.1 Å². The van der Waals surface area contributed by atoms with Crippen LogP contribution < -0.4 is 10.1 Å². The summed E-state index contributed by atoms with van der Waals surface area (Å²) in [4.78, 5) is 24.4. The molecule has 0 spiro atoms. The molecule has 1 amide bonds. The number of benzene rings is 2. The van der Waals surface area contributed by atoms with Crippen molar-refractivity contribution in [2.24, 2.45) is 11.8 Å². The highest BCUT2D eigenvalue weighted by atomic mass is 19.4. The van der Waals surface area contributed by atoms with E-state index < -0.39 is 17.6 Å². The fourth-order valence-electron chi connectivity index (χ4n) is 6.89. The normalized spacial score (nSPS) is 28.0. The lowest BCUT2D eigenvalue weighted by molar-refractivity contribution is -0.921. The Balaban J connectivity index is 1.33. The third kappa shape index (κ3) is 6.52. The number of hydrogen-bond donors (Lipinski definition) is 1. The zero-order valence-corrected chi connectivity index (χ0v) is 23.0. The van der Waals surface area contributed by atoms with Crippen molar-refractivity contribution in [3.05, 3.63) is 65.2 Å². The van der Waals surface area contributed by atoms with E-state index in [-0.39, 0.29) is 17.4 Å². The molecule has 1 unspecified atom stereocenters. The van der Waals surface area contributed by atoms with Gasteiger partial charge < -0.3 is 14.5 Å². The van der Waals surface area contributed by atoms with Gasteiger partial charge in [-0.2, -0.15) is 13.2 Å². The maximum atomic E-state index is 12.8. The lowest BCUT2D eigenvalue weighted by Gasteiger charge is -2.55. The number of nitrogens with zero attached hydrogens (tertiary/aromatic N) is 1. The predicted octanol–water partition coefficient (Wildman–Crippen LogP) is 5.47. The highest BCUT2D eigenvalue weighted by Crippen LogP contribution is 2.51. The van der Waals surface area contributed by atoms with Crippen molar-refractivity contribution >= 4 is 11.9 Å². The van der Waals surface area contributed by atoms with Crippen molar-refractivity contribution in [2.45, 2.75) is 63.1 Å². The van der Waals surface area contributed by atoms with Crippen LogP contribution in [0.3, 0.4) is 0 Å². The maximum absolute atomic E-state index is 12.8. The largest absolute Gasteiger partial charge is 0.427 e. The molecule has 0 radical (unpaired) electrons. The minimum atomic E-state index is -4.41. The van der Waals surface area contributed by atoms with Crippen molar-refractivity contribution in [1.29, 1.82) is 0 Å². The highest BCUT2D eigenvalue weighted by molar-refractivity contribution is 5.94. The van der Waals surface area contributed by atoms with E-state index >= 15 is 0 Å². The fourth-order valence-corrected chi connectivity index (χ4v) is 6.89. The number of likely N-dealkylation sites (tertiary alicyclic amines) is 1. The van der Waals surface area contributed by atoms with Crippen LogP contribution >= 0.6 is 0 Å². The van der Waals surface area contributed by atoms with Crippen LogP contribution in [0.1, 0.15) is 62.1 Å². The third-order valence-electron chi connectivity index (χ3n) is 8.95. The van der Waals surface area contributed by atoms with Gasteiger partial charge in [-0.15, -0.1) is 0 Å². The molecule has 3 aliphatic rings. The number of rotatable bonds is 5. The average Bonchev–Trinajstić information content (AvgIpc) is 3.71. The van der Waals surface area contributed by atoms with E-state index in [0.717, 1.165) is 66.9 Å². The molecule has 4 atom stereocenters. The van der Waals surface area contributed by atoms with E-state index in [2.05, 4.69) is 30.3 Å². The lowest BCUT2D eigenvalue weighted by Crippen LogP contribution is -2.62. The fraction of sp³-hybridized carbons (Fsp3) is 0.500. The Hall–Kier alpha value is -3.31. The summed E-state index contributed by atoms with van der Waals surface area (Å²) in [6, 6.07) is 12.2. The summed E-state index contributed by atoms with van der Waals surface area (Å²) in [5, 5.41) is 3.08. The molecule has 8 heteroatoms. The summed E-state index contributed by atoms with van der Waals surface area (Å²) in [5.41, 5.74) is 0.588. The predicted molar refractivity (Wildman–Crippen MR) is 145 cm³/mol. The zero-order valence-electron chi connectivity index (χ0n) is 23.0. The summed E-state index contributed by atoms with van der Waals surface area (Å²) in [6.45, 7) is 4.76. The minimum absolute atomic E-state index is 0.0803. The first-order valence-electron chi connectivity index (χ1n) is 14.1. The lowest BCUT2D eigenvalue weighted by atomic mass is 9.57. The second-order valence-corrected chi connectivity index (χ2v) is 12.2. The molecule has 2 aromatic carbocycles. The molecular weight excluding hydrogens is 517 g/mol. The van der Waals surface area contributed by atoms with Crippen molar-refractivity contribution < 1.29 is 32.0 Å². The van der Waals surface area contributed by atoms with E-state index in [9.17, 15) is 22.8 Å². The first-order valence-corrected chi connectivity index (χ1v) is 14.1. The van der Waals surface area contributed by atoms with E-state index in [4.69, 9.17) is 4.74 Å². The molecule has 1 aliphatic heterocycles. The van der Waals surface area contributed by atoms with Gasteiger partial charge in [0.25, 0.3) is 5.91 Å². The average molecular weight is 554 g/mol. The number of alkyl halides is 3. The molecule has 1 N–H and O–H groups in total. The smallest absolute Gasteiger partial charge is 0.416 e. The molecular formula is C32H36F3N2O3+. The number of fused-ring (bicyclic) bond motifs is 1. The minimum Gasteiger partial charge on any atom is -0.427 e. The Morgan fingerprint density at radius 2 is 1.85 bits per heavy atom. The van der Waals surface area contributed by atoms with Gasteiger partial charge in [-0.3, -0.25) is 9.59 Å². The van der Waals surface area contributed by atoms with Gasteiger partial charge in [0.1, 0.15) is 5.75 Å². The number of hydrogen-bond acceptors (Lipinski definition) is 3. The maximum Gasteiger partial charge on any atom is 0.416 e. The number of halogens is 3. The summed E-state index contributed by atoms with van der Waals surface area (Å²) in [6.07, 6.45) is 1.79. The van der Waals surface area contributed by atoms with Crippen LogP contribution in [-0.4, -0.2) is 49.1 Å². The van der Waals surface area contributed by atoms with Crippen LogP contribution in [0.15, 0.2) is 48.5 Å². The second-order valence-electron chi connectivity index (χ2n) is 12.2. The summed E-state index contributed by atoms with van der Waals surface area (Å²) in [7, 11) is 2.38. The van der Waals surface area contributed by atoms with Gasteiger partial charge in [-0.25, -0.2) is 0 Å². The highest BCUT2D eigenvalue weighted by Gasteiger charge is 2.53. The van der Waals surface area contributed by atoms with Crippen LogP contribution in [0.4, 0.5) is 13.2 Å². The standard InChI is InChI=1S/C32H35F3N2O3/c1-22(38)40-29-5-3-4-26(18-29)31-16-17-37(2,20-24-6-7-24)21-27(31)13-14-28(19-31)36-30(39)15-10-23-8-11-25(12-9-23)32(33,34)35/h3-5,8-9,11-12,18,24,27-28H,6-7,13-14,16-17,19-21H2,1-2H3/p+1/t27?,28-,31+,37-/m1/s1. The van der Waals surface area contributed by atoms with Crippen molar-refractivity contribution in [1.82, 2.24) is 5.32 Å². The number of amides is 1. The van der Waals surface area contributed by atoms with E-state index in [1.165, 1.54) is 38.4 Å². The third-order valence-corrected chi connectivity index (χ3v) is 8.95. The number of quaternary nitrogens is 1. The first-order chi connectivity index (χ1) is 18.9. The molecule has 2 aliphatic carbocycles. The Morgan fingerprint density at radius 3 is 2.52 bits per heavy atom. The van der Waals surface area contributed by atoms with Crippen LogP contribution in [0.2, 0.25) is 0 Å². The molecule has 1 heterocycles. The molecule has 40 heavy (non-hydrogen) atoms.